The van der Waals surface area contributed by atoms with E-state index in [0.29, 0.717) is 12.8 Å². The van der Waals surface area contributed by atoms with Gasteiger partial charge in [0.2, 0.25) is 21.9 Å². The van der Waals surface area contributed by atoms with E-state index in [4.69, 9.17) is 0 Å². The molecule has 0 aromatic carbocycles. The van der Waals surface area contributed by atoms with E-state index >= 15 is 0 Å². The van der Waals surface area contributed by atoms with Crippen molar-refractivity contribution in [2.45, 2.75) is 31.2 Å². The van der Waals surface area contributed by atoms with Crippen molar-refractivity contribution >= 4 is 27.6 Å². The highest BCUT2D eigenvalue weighted by Crippen LogP contribution is 2.31. The Labute approximate surface area is 212 Å². The van der Waals surface area contributed by atoms with E-state index in [2.05, 4.69) is 35.6 Å². The number of hydrogen-bond donors (Lipinski definition) is 2. The van der Waals surface area contributed by atoms with Crippen LogP contribution in [0.3, 0.4) is 0 Å². The largest absolute Gasteiger partial charge is 0.433 e. The van der Waals surface area contributed by atoms with Crippen molar-refractivity contribution in [3.8, 4) is 11.5 Å². The number of pyridine rings is 2. The molecule has 0 unspecified atom stereocenters. The summed E-state index contributed by atoms with van der Waals surface area (Å²) in [4.78, 5) is 19.2. The molecule has 1 saturated heterocycles. The number of anilines is 3. The SMILES string of the molecule is CS(=O)(=O)N1CCC(Nc2nc(Nc3ccnc(C(F)(F)F)c3)nc(-c3cccc(C(F)(F)F)n3)n2)CC1. The summed E-state index contributed by atoms with van der Waals surface area (Å²) in [7, 11) is -3.37. The summed E-state index contributed by atoms with van der Waals surface area (Å²) in [6.07, 6.45) is -6.64. The predicted octanol–water partition coefficient (Wildman–Crippen LogP) is 3.95. The molecule has 2 N–H and O–H groups in total. The zero-order valence-electron chi connectivity index (χ0n) is 19.5. The topological polar surface area (TPSA) is 126 Å². The third-order valence-electron chi connectivity index (χ3n) is 5.47. The Balaban J connectivity index is 1.66. The fraction of sp³-hybridized carbons (Fsp3) is 0.381. The normalized spacial score (nSPS) is 15.9. The Bertz CT molecular complexity index is 1410. The van der Waals surface area contributed by atoms with Gasteiger partial charge in [0.15, 0.2) is 5.82 Å². The van der Waals surface area contributed by atoms with E-state index in [1.165, 1.54) is 16.4 Å². The quantitative estimate of drug-likeness (QED) is 0.430. The highest BCUT2D eigenvalue weighted by atomic mass is 32.2. The molecule has 0 saturated carbocycles. The lowest BCUT2D eigenvalue weighted by atomic mass is 10.1. The molecular weight excluding hydrogens is 542 g/mol. The average molecular weight is 562 g/mol. The molecule has 4 heterocycles. The molecule has 3 aromatic rings. The van der Waals surface area contributed by atoms with E-state index < -0.39 is 33.8 Å². The van der Waals surface area contributed by atoms with Crippen LogP contribution in [0.1, 0.15) is 24.2 Å². The second-order valence-corrected chi connectivity index (χ2v) is 10.3. The van der Waals surface area contributed by atoms with E-state index in [0.717, 1.165) is 30.7 Å². The lowest BCUT2D eigenvalue weighted by molar-refractivity contribution is -0.141. The van der Waals surface area contributed by atoms with Crippen LogP contribution in [-0.4, -0.2) is 63.0 Å². The summed E-state index contributed by atoms with van der Waals surface area (Å²) in [6.45, 7) is 0.456. The van der Waals surface area contributed by atoms with E-state index in [-0.39, 0.29) is 48.2 Å². The smallest absolute Gasteiger partial charge is 0.351 e. The predicted molar refractivity (Wildman–Crippen MR) is 124 cm³/mol. The fourth-order valence-corrected chi connectivity index (χ4v) is 4.51. The van der Waals surface area contributed by atoms with Crippen LogP contribution in [0.25, 0.3) is 11.5 Å². The molecule has 0 amide bonds. The summed E-state index contributed by atoms with van der Waals surface area (Å²) >= 11 is 0. The monoisotopic (exact) mass is 562 g/mol. The molecular formula is C21H20F6N8O2S. The zero-order chi connectivity index (χ0) is 27.7. The molecule has 17 heteroatoms. The molecule has 204 valence electrons. The van der Waals surface area contributed by atoms with E-state index in [1.54, 1.807) is 0 Å². The number of aromatic nitrogens is 5. The number of hydrogen-bond acceptors (Lipinski definition) is 9. The number of nitrogens with one attached hydrogen (secondary N) is 2. The van der Waals surface area contributed by atoms with Crippen LogP contribution < -0.4 is 10.6 Å². The summed E-state index contributed by atoms with van der Waals surface area (Å²) in [5.41, 5.74) is -2.68. The van der Waals surface area contributed by atoms with Crippen LogP contribution in [0.4, 0.5) is 43.9 Å². The number of alkyl halides is 6. The van der Waals surface area contributed by atoms with Gasteiger partial charge in [0, 0.05) is 31.0 Å². The summed E-state index contributed by atoms with van der Waals surface area (Å²) in [6, 6.07) is 4.80. The number of rotatable bonds is 6. The van der Waals surface area contributed by atoms with Gasteiger partial charge in [-0.05, 0) is 37.1 Å². The highest BCUT2D eigenvalue weighted by molar-refractivity contribution is 7.88. The number of halogens is 6. The van der Waals surface area contributed by atoms with Crippen molar-refractivity contribution in [1.82, 2.24) is 29.2 Å². The van der Waals surface area contributed by atoms with Gasteiger partial charge in [-0.1, -0.05) is 6.07 Å². The fourth-order valence-electron chi connectivity index (χ4n) is 3.63. The minimum Gasteiger partial charge on any atom is -0.351 e. The molecule has 3 aromatic heterocycles. The van der Waals surface area contributed by atoms with Gasteiger partial charge in [0.05, 0.1) is 6.26 Å². The van der Waals surface area contributed by atoms with Crippen molar-refractivity contribution in [3.05, 3.63) is 47.9 Å². The molecule has 1 aliphatic rings. The third-order valence-corrected chi connectivity index (χ3v) is 6.77. The number of sulfonamides is 1. The minimum absolute atomic E-state index is 0.0751. The molecule has 0 radical (unpaired) electrons. The Kier molecular flexibility index (Phi) is 7.42. The molecule has 4 rings (SSSR count). The van der Waals surface area contributed by atoms with Crippen LogP contribution in [-0.2, 0) is 22.4 Å². The Morgan fingerprint density at radius 1 is 0.895 bits per heavy atom. The first kappa shape index (κ1) is 27.4. The molecule has 1 aliphatic heterocycles. The van der Waals surface area contributed by atoms with Gasteiger partial charge < -0.3 is 10.6 Å². The van der Waals surface area contributed by atoms with Gasteiger partial charge in [-0.15, -0.1) is 0 Å². The Hall–Kier alpha value is -3.60. The zero-order valence-corrected chi connectivity index (χ0v) is 20.4. The molecule has 0 aliphatic carbocycles. The standard InChI is InChI=1S/C21H20F6N8O2S/c1-38(36,37)35-9-6-12(7-10-35)29-18-32-17(14-3-2-4-15(31-14)20(22,23)24)33-19(34-18)30-13-5-8-28-16(11-13)21(25,26)27/h2-5,8,11-12H,6-7,9-10H2,1H3,(H2,28,29,30,32,33,34). The summed E-state index contributed by atoms with van der Waals surface area (Å²) < 4.78 is 104. The van der Waals surface area contributed by atoms with Crippen molar-refractivity contribution in [2.75, 3.05) is 30.0 Å². The molecule has 38 heavy (non-hydrogen) atoms. The average Bonchev–Trinajstić information content (AvgIpc) is 2.83. The second-order valence-electron chi connectivity index (χ2n) is 8.35. The maximum Gasteiger partial charge on any atom is 0.433 e. The van der Waals surface area contributed by atoms with Crippen LogP contribution >= 0.6 is 0 Å². The van der Waals surface area contributed by atoms with Crippen molar-refractivity contribution < 1.29 is 34.8 Å². The third kappa shape index (κ3) is 6.83. The van der Waals surface area contributed by atoms with E-state index in [9.17, 15) is 34.8 Å². The lowest BCUT2D eigenvalue weighted by Gasteiger charge is -2.30. The first-order chi connectivity index (χ1) is 17.7. The Morgan fingerprint density at radius 2 is 1.55 bits per heavy atom. The minimum atomic E-state index is -4.73. The van der Waals surface area contributed by atoms with Gasteiger partial charge in [-0.2, -0.15) is 41.3 Å². The molecule has 1 fully saturated rings. The molecule has 0 bridgehead atoms. The Morgan fingerprint density at radius 3 is 2.18 bits per heavy atom. The molecule has 0 spiro atoms. The first-order valence-corrected chi connectivity index (χ1v) is 12.9. The first-order valence-electron chi connectivity index (χ1n) is 11.0. The summed E-state index contributed by atoms with van der Waals surface area (Å²) in [5, 5.41) is 5.60. The van der Waals surface area contributed by atoms with Crippen LogP contribution in [0.2, 0.25) is 0 Å². The second kappa shape index (κ2) is 10.3. The van der Waals surface area contributed by atoms with Crippen LogP contribution in [0.15, 0.2) is 36.5 Å². The lowest BCUT2D eigenvalue weighted by Crippen LogP contribution is -2.42. The van der Waals surface area contributed by atoms with Crippen molar-refractivity contribution in [1.29, 1.82) is 0 Å². The van der Waals surface area contributed by atoms with Gasteiger partial charge in [0.1, 0.15) is 17.1 Å². The molecule has 0 atom stereocenters. The van der Waals surface area contributed by atoms with Gasteiger partial charge in [-0.25, -0.2) is 17.7 Å². The molecule has 10 nitrogen and oxygen atoms in total. The van der Waals surface area contributed by atoms with E-state index in [1.807, 2.05) is 0 Å². The maximum atomic E-state index is 13.2. The van der Waals surface area contributed by atoms with Gasteiger partial charge >= 0.3 is 12.4 Å². The van der Waals surface area contributed by atoms with Gasteiger partial charge in [0.25, 0.3) is 0 Å². The number of piperidine rings is 1. The van der Waals surface area contributed by atoms with Gasteiger partial charge in [-0.3, -0.25) is 4.98 Å². The summed E-state index contributed by atoms with van der Waals surface area (Å²) in [5.74, 6) is -0.612. The maximum absolute atomic E-state index is 13.2. The highest BCUT2D eigenvalue weighted by Gasteiger charge is 2.34. The van der Waals surface area contributed by atoms with Crippen molar-refractivity contribution in [2.24, 2.45) is 0 Å². The number of nitrogens with zero attached hydrogens (tertiary/aromatic N) is 6. The van der Waals surface area contributed by atoms with Crippen molar-refractivity contribution in [3.63, 3.8) is 0 Å². The van der Waals surface area contributed by atoms with Crippen LogP contribution in [0, 0.1) is 0 Å². The van der Waals surface area contributed by atoms with Crippen LogP contribution in [0.5, 0.6) is 0 Å².